The molecule has 3 aromatic rings. The first-order chi connectivity index (χ1) is 16.5. The predicted octanol–water partition coefficient (Wildman–Crippen LogP) is 4.07. The lowest BCUT2D eigenvalue weighted by molar-refractivity contribution is -0.385. The molecular formula is C24H21N3O7. The summed E-state index contributed by atoms with van der Waals surface area (Å²) in [6, 6.07) is 16.9. The summed E-state index contributed by atoms with van der Waals surface area (Å²) in [7, 11) is 0. The maximum atomic E-state index is 12.4. The van der Waals surface area contributed by atoms with Crippen molar-refractivity contribution < 1.29 is 28.7 Å². The van der Waals surface area contributed by atoms with Gasteiger partial charge in [-0.3, -0.25) is 14.9 Å². The first kappa shape index (κ1) is 22.6. The standard InChI is InChI=1S/C24H21N3O7/c1-2-31-19-7-9-20(10-8-19)32-14-16-3-5-17(6-4-16)24(28)26-25-13-18-11-22-23(34-15-33-22)12-21(18)27(29)30/h3-13H,2,14-15H2,1H3,(H,26,28). The number of rotatable bonds is 9. The average molecular weight is 463 g/mol. The summed E-state index contributed by atoms with van der Waals surface area (Å²) in [4.78, 5) is 23.1. The molecule has 0 aromatic heterocycles. The lowest BCUT2D eigenvalue weighted by Gasteiger charge is -2.08. The Balaban J connectivity index is 1.33. The zero-order chi connectivity index (χ0) is 23.9. The largest absolute Gasteiger partial charge is 0.494 e. The van der Waals surface area contributed by atoms with Gasteiger partial charge in [-0.05, 0) is 55.0 Å². The monoisotopic (exact) mass is 463 g/mol. The molecule has 34 heavy (non-hydrogen) atoms. The number of nitro benzene ring substituents is 1. The molecule has 1 amide bonds. The minimum absolute atomic E-state index is 0.00888. The Hall–Kier alpha value is -4.60. The van der Waals surface area contributed by atoms with Crippen molar-refractivity contribution in [2.24, 2.45) is 5.10 Å². The van der Waals surface area contributed by atoms with Gasteiger partial charge in [-0.15, -0.1) is 0 Å². The van der Waals surface area contributed by atoms with Gasteiger partial charge in [-0.25, -0.2) is 5.43 Å². The summed E-state index contributed by atoms with van der Waals surface area (Å²) in [6.45, 7) is 2.85. The zero-order valence-electron chi connectivity index (χ0n) is 18.2. The maximum Gasteiger partial charge on any atom is 0.282 e. The van der Waals surface area contributed by atoms with Gasteiger partial charge in [-0.2, -0.15) is 5.10 Å². The Bertz CT molecular complexity index is 1210. The molecule has 1 aliphatic heterocycles. The number of ether oxygens (including phenoxy) is 4. The topological polar surface area (TPSA) is 122 Å². The molecule has 1 N–H and O–H groups in total. The molecule has 0 unspecified atom stereocenters. The number of hydrogen-bond donors (Lipinski definition) is 1. The van der Waals surface area contributed by atoms with Crippen LogP contribution in [-0.4, -0.2) is 30.4 Å². The third-order valence-corrected chi connectivity index (χ3v) is 4.84. The van der Waals surface area contributed by atoms with E-state index in [0.29, 0.717) is 36.0 Å². The van der Waals surface area contributed by atoms with Crippen LogP contribution in [0.2, 0.25) is 0 Å². The van der Waals surface area contributed by atoms with Crippen LogP contribution in [0.15, 0.2) is 65.8 Å². The first-order valence-corrected chi connectivity index (χ1v) is 10.4. The van der Waals surface area contributed by atoms with Crippen molar-refractivity contribution in [3.63, 3.8) is 0 Å². The van der Waals surface area contributed by atoms with Crippen molar-refractivity contribution in [2.45, 2.75) is 13.5 Å². The number of carbonyl (C=O) groups excluding carboxylic acids is 1. The summed E-state index contributed by atoms with van der Waals surface area (Å²) in [5, 5.41) is 15.1. The number of benzene rings is 3. The van der Waals surface area contributed by atoms with E-state index < -0.39 is 10.8 Å². The van der Waals surface area contributed by atoms with Crippen LogP contribution in [0.4, 0.5) is 5.69 Å². The van der Waals surface area contributed by atoms with E-state index in [-0.39, 0.29) is 18.0 Å². The van der Waals surface area contributed by atoms with Crippen LogP contribution in [-0.2, 0) is 6.61 Å². The second kappa shape index (κ2) is 10.3. The van der Waals surface area contributed by atoms with Crippen molar-refractivity contribution >= 4 is 17.8 Å². The van der Waals surface area contributed by atoms with E-state index in [4.69, 9.17) is 18.9 Å². The summed E-state index contributed by atoms with van der Waals surface area (Å²) in [5.74, 6) is 1.69. The third kappa shape index (κ3) is 5.41. The fraction of sp³-hybridized carbons (Fsp3) is 0.167. The van der Waals surface area contributed by atoms with Crippen LogP contribution in [0.5, 0.6) is 23.0 Å². The molecule has 1 heterocycles. The molecule has 0 radical (unpaired) electrons. The van der Waals surface area contributed by atoms with Crippen LogP contribution in [0.3, 0.4) is 0 Å². The van der Waals surface area contributed by atoms with E-state index in [2.05, 4.69) is 10.5 Å². The number of hydrazone groups is 1. The molecule has 174 valence electrons. The third-order valence-electron chi connectivity index (χ3n) is 4.84. The van der Waals surface area contributed by atoms with Crippen LogP contribution in [0.25, 0.3) is 0 Å². The lowest BCUT2D eigenvalue weighted by atomic mass is 10.1. The van der Waals surface area contributed by atoms with Crippen molar-refractivity contribution in [1.82, 2.24) is 5.43 Å². The van der Waals surface area contributed by atoms with Gasteiger partial charge in [-0.1, -0.05) is 12.1 Å². The molecular weight excluding hydrogens is 442 g/mol. The van der Waals surface area contributed by atoms with E-state index >= 15 is 0 Å². The summed E-state index contributed by atoms with van der Waals surface area (Å²) >= 11 is 0. The Kier molecular flexibility index (Phi) is 6.87. The van der Waals surface area contributed by atoms with Gasteiger partial charge in [0.15, 0.2) is 11.5 Å². The minimum atomic E-state index is -0.556. The van der Waals surface area contributed by atoms with Gasteiger partial charge in [0.05, 0.1) is 29.4 Å². The van der Waals surface area contributed by atoms with Crippen molar-refractivity contribution in [1.29, 1.82) is 0 Å². The van der Waals surface area contributed by atoms with Crippen LogP contribution >= 0.6 is 0 Å². The highest BCUT2D eigenvalue weighted by Crippen LogP contribution is 2.37. The van der Waals surface area contributed by atoms with Crippen molar-refractivity contribution in [2.75, 3.05) is 13.4 Å². The molecule has 0 saturated heterocycles. The van der Waals surface area contributed by atoms with Gasteiger partial charge in [0, 0.05) is 5.56 Å². The van der Waals surface area contributed by atoms with Crippen molar-refractivity contribution in [3.8, 4) is 23.0 Å². The van der Waals surface area contributed by atoms with Crippen LogP contribution < -0.4 is 24.4 Å². The summed E-state index contributed by atoms with van der Waals surface area (Å²) < 4.78 is 21.5. The second-order valence-corrected chi connectivity index (χ2v) is 7.11. The molecule has 4 rings (SSSR count). The SMILES string of the molecule is CCOc1ccc(OCc2ccc(C(=O)NN=Cc3cc4c(cc3[N+](=O)[O-])OCO4)cc2)cc1. The highest BCUT2D eigenvalue weighted by atomic mass is 16.7. The maximum absolute atomic E-state index is 12.4. The fourth-order valence-corrected chi connectivity index (χ4v) is 3.15. The molecule has 0 aliphatic carbocycles. The molecule has 1 aliphatic rings. The molecule has 3 aromatic carbocycles. The van der Waals surface area contributed by atoms with E-state index in [9.17, 15) is 14.9 Å². The highest BCUT2D eigenvalue weighted by Gasteiger charge is 2.22. The smallest absolute Gasteiger partial charge is 0.282 e. The number of carbonyl (C=O) groups is 1. The Morgan fingerprint density at radius 2 is 1.71 bits per heavy atom. The number of hydrogen-bond acceptors (Lipinski definition) is 8. The molecule has 10 heteroatoms. The quantitative estimate of drug-likeness (QED) is 0.288. The molecule has 0 fully saturated rings. The minimum Gasteiger partial charge on any atom is -0.494 e. The van der Waals surface area contributed by atoms with Gasteiger partial charge in [0.2, 0.25) is 6.79 Å². The highest BCUT2D eigenvalue weighted by molar-refractivity contribution is 5.95. The van der Waals surface area contributed by atoms with E-state index in [0.717, 1.165) is 11.3 Å². The summed E-state index contributed by atoms with van der Waals surface area (Å²) in [5.41, 5.74) is 3.59. The second-order valence-electron chi connectivity index (χ2n) is 7.11. The van der Waals surface area contributed by atoms with Crippen molar-refractivity contribution in [3.05, 3.63) is 87.5 Å². The lowest BCUT2D eigenvalue weighted by Crippen LogP contribution is -2.17. The van der Waals surface area contributed by atoms with Gasteiger partial charge >= 0.3 is 0 Å². The van der Waals surface area contributed by atoms with Gasteiger partial charge in [0.25, 0.3) is 11.6 Å². The number of amides is 1. The average Bonchev–Trinajstić information content (AvgIpc) is 3.31. The fourth-order valence-electron chi connectivity index (χ4n) is 3.15. The molecule has 0 bridgehead atoms. The van der Waals surface area contributed by atoms with E-state index in [1.165, 1.54) is 18.3 Å². The van der Waals surface area contributed by atoms with Gasteiger partial charge < -0.3 is 18.9 Å². The number of nitro groups is 1. The number of nitrogens with one attached hydrogen (secondary N) is 1. The Morgan fingerprint density at radius 1 is 1.06 bits per heavy atom. The van der Waals surface area contributed by atoms with E-state index in [1.54, 1.807) is 24.3 Å². The molecule has 0 spiro atoms. The predicted molar refractivity (Wildman–Crippen MR) is 123 cm³/mol. The summed E-state index contributed by atoms with van der Waals surface area (Å²) in [6.07, 6.45) is 1.19. The first-order valence-electron chi connectivity index (χ1n) is 10.4. The van der Waals surface area contributed by atoms with E-state index in [1.807, 2.05) is 31.2 Å². The molecule has 0 saturated carbocycles. The zero-order valence-corrected chi connectivity index (χ0v) is 18.2. The Morgan fingerprint density at radius 3 is 2.35 bits per heavy atom. The molecule has 0 atom stereocenters. The number of fused-ring (bicyclic) bond motifs is 1. The molecule has 10 nitrogen and oxygen atoms in total. The Labute approximate surface area is 194 Å². The normalized spacial score (nSPS) is 11.9. The number of nitrogens with zero attached hydrogens (tertiary/aromatic N) is 2. The van der Waals surface area contributed by atoms with Crippen LogP contribution in [0.1, 0.15) is 28.4 Å². The van der Waals surface area contributed by atoms with Gasteiger partial charge in [0.1, 0.15) is 18.1 Å². The van der Waals surface area contributed by atoms with Crippen LogP contribution in [0, 0.1) is 10.1 Å².